The van der Waals surface area contributed by atoms with E-state index in [0.717, 1.165) is 32.2 Å². The molecule has 0 heterocycles. The second-order valence-corrected chi connectivity index (χ2v) is 5.55. The molecule has 0 aliphatic heterocycles. The zero-order valence-electron chi connectivity index (χ0n) is 13.0. The summed E-state index contributed by atoms with van der Waals surface area (Å²) in [6, 6.07) is 0. The van der Waals surface area contributed by atoms with Gasteiger partial charge in [-0.2, -0.15) is 0 Å². The van der Waals surface area contributed by atoms with E-state index in [4.69, 9.17) is 15.2 Å². The van der Waals surface area contributed by atoms with Crippen LogP contribution in [0.5, 0.6) is 0 Å². The van der Waals surface area contributed by atoms with Crippen molar-refractivity contribution in [2.45, 2.75) is 32.1 Å². The first-order valence-electron chi connectivity index (χ1n) is 7.71. The fraction of sp³-hybridized carbons (Fsp3) is 0.933. The molecule has 2 N–H and O–H groups in total. The number of amides is 1. The summed E-state index contributed by atoms with van der Waals surface area (Å²) in [4.78, 5) is 14.7. The van der Waals surface area contributed by atoms with Crippen LogP contribution in [0.2, 0.25) is 0 Å². The predicted molar refractivity (Wildman–Crippen MR) is 79.5 cm³/mol. The zero-order valence-corrected chi connectivity index (χ0v) is 13.0. The van der Waals surface area contributed by atoms with Crippen LogP contribution in [0.25, 0.3) is 0 Å². The highest BCUT2D eigenvalue weighted by atomic mass is 16.5. The van der Waals surface area contributed by atoms with Gasteiger partial charge in [-0.1, -0.05) is 12.8 Å². The molecule has 0 saturated heterocycles. The summed E-state index contributed by atoms with van der Waals surface area (Å²) >= 11 is 0. The maximum atomic E-state index is 12.7. The number of carbonyl (C=O) groups excluding carboxylic acids is 1. The van der Waals surface area contributed by atoms with Crippen molar-refractivity contribution in [3.63, 3.8) is 0 Å². The van der Waals surface area contributed by atoms with Crippen LogP contribution in [-0.4, -0.2) is 57.9 Å². The number of methoxy groups -OCH3 is 2. The highest BCUT2D eigenvalue weighted by Crippen LogP contribution is 2.30. The number of carbonyl (C=O) groups is 1. The minimum Gasteiger partial charge on any atom is -0.385 e. The molecule has 5 nitrogen and oxygen atoms in total. The van der Waals surface area contributed by atoms with Gasteiger partial charge < -0.3 is 20.1 Å². The molecular weight excluding hydrogens is 256 g/mol. The molecule has 20 heavy (non-hydrogen) atoms. The van der Waals surface area contributed by atoms with Crippen LogP contribution in [0.1, 0.15) is 32.1 Å². The molecule has 1 fully saturated rings. The largest absolute Gasteiger partial charge is 0.385 e. The second kappa shape index (κ2) is 10.1. The van der Waals surface area contributed by atoms with E-state index in [2.05, 4.69) is 0 Å². The molecule has 2 unspecified atom stereocenters. The number of hydrogen-bond acceptors (Lipinski definition) is 4. The van der Waals surface area contributed by atoms with Crippen LogP contribution in [0.4, 0.5) is 0 Å². The van der Waals surface area contributed by atoms with E-state index in [1.165, 1.54) is 6.42 Å². The summed E-state index contributed by atoms with van der Waals surface area (Å²) < 4.78 is 10.2. The van der Waals surface area contributed by atoms with E-state index in [1.54, 1.807) is 14.2 Å². The second-order valence-electron chi connectivity index (χ2n) is 5.55. The van der Waals surface area contributed by atoms with Gasteiger partial charge in [0, 0.05) is 39.8 Å². The fourth-order valence-corrected chi connectivity index (χ4v) is 2.98. The zero-order chi connectivity index (χ0) is 14.8. The standard InChI is InChI=1S/C15H30N2O3/c1-19-10-5-8-17(9-11-20-2)15(18)14-7-4-3-6-13(14)12-16/h13-14H,3-12,16H2,1-2H3. The third kappa shape index (κ3) is 5.38. The summed E-state index contributed by atoms with van der Waals surface area (Å²) in [5.41, 5.74) is 5.84. The number of rotatable bonds is 9. The van der Waals surface area contributed by atoms with Crippen LogP contribution in [0.3, 0.4) is 0 Å². The molecule has 0 spiro atoms. The van der Waals surface area contributed by atoms with Gasteiger partial charge in [0.1, 0.15) is 0 Å². The monoisotopic (exact) mass is 286 g/mol. The van der Waals surface area contributed by atoms with E-state index in [1.807, 2.05) is 4.90 Å². The Bertz CT molecular complexity index is 274. The van der Waals surface area contributed by atoms with E-state index < -0.39 is 0 Å². The van der Waals surface area contributed by atoms with E-state index in [9.17, 15) is 4.79 Å². The highest BCUT2D eigenvalue weighted by Gasteiger charge is 2.32. The lowest BCUT2D eigenvalue weighted by Crippen LogP contribution is -2.44. The molecule has 0 bridgehead atoms. The third-order valence-electron chi connectivity index (χ3n) is 4.18. The molecule has 0 aromatic rings. The number of hydrogen-bond donors (Lipinski definition) is 1. The van der Waals surface area contributed by atoms with Gasteiger partial charge in [0.15, 0.2) is 0 Å². The molecule has 0 radical (unpaired) electrons. The molecular formula is C15H30N2O3. The lowest BCUT2D eigenvalue weighted by atomic mass is 9.78. The average Bonchev–Trinajstić information content (AvgIpc) is 2.50. The SMILES string of the molecule is COCCCN(CCOC)C(=O)C1CCCCC1CN. The lowest BCUT2D eigenvalue weighted by molar-refractivity contribution is -0.139. The first kappa shape index (κ1) is 17.4. The minimum atomic E-state index is 0.105. The van der Waals surface area contributed by atoms with Crippen LogP contribution in [-0.2, 0) is 14.3 Å². The topological polar surface area (TPSA) is 64.8 Å². The maximum absolute atomic E-state index is 12.7. The Labute approximate surface area is 122 Å². The summed E-state index contributed by atoms with van der Waals surface area (Å²) in [7, 11) is 3.36. The van der Waals surface area contributed by atoms with Crippen molar-refractivity contribution in [2.75, 3.05) is 47.1 Å². The van der Waals surface area contributed by atoms with Gasteiger partial charge >= 0.3 is 0 Å². The number of ether oxygens (including phenoxy) is 2. The highest BCUT2D eigenvalue weighted by molar-refractivity contribution is 5.79. The van der Waals surface area contributed by atoms with Gasteiger partial charge in [0.05, 0.1) is 6.61 Å². The lowest BCUT2D eigenvalue weighted by Gasteiger charge is -2.34. The Morgan fingerprint density at radius 3 is 2.50 bits per heavy atom. The molecule has 118 valence electrons. The van der Waals surface area contributed by atoms with Gasteiger partial charge in [0.25, 0.3) is 0 Å². The quantitative estimate of drug-likeness (QED) is 0.648. The fourth-order valence-electron chi connectivity index (χ4n) is 2.98. The Balaban J connectivity index is 2.58. The Morgan fingerprint density at radius 1 is 1.15 bits per heavy atom. The smallest absolute Gasteiger partial charge is 0.226 e. The van der Waals surface area contributed by atoms with Gasteiger partial charge in [0.2, 0.25) is 5.91 Å². The first-order valence-corrected chi connectivity index (χ1v) is 7.71. The summed E-state index contributed by atoms with van der Waals surface area (Å²) in [5.74, 6) is 0.713. The maximum Gasteiger partial charge on any atom is 0.226 e. The van der Waals surface area contributed by atoms with Crippen molar-refractivity contribution in [2.24, 2.45) is 17.6 Å². The summed E-state index contributed by atoms with van der Waals surface area (Å²) in [6.07, 6.45) is 5.28. The summed E-state index contributed by atoms with van der Waals surface area (Å²) in [6.45, 7) is 3.28. The molecule has 1 amide bonds. The predicted octanol–water partition coefficient (Wildman–Crippen LogP) is 1.26. The van der Waals surface area contributed by atoms with Gasteiger partial charge in [-0.25, -0.2) is 0 Å². The van der Waals surface area contributed by atoms with Gasteiger partial charge in [-0.3, -0.25) is 4.79 Å². The molecule has 5 heteroatoms. The van der Waals surface area contributed by atoms with Crippen molar-refractivity contribution in [3.05, 3.63) is 0 Å². The van der Waals surface area contributed by atoms with Crippen molar-refractivity contribution in [1.29, 1.82) is 0 Å². The Hall–Kier alpha value is -0.650. The molecule has 1 aliphatic rings. The Kier molecular flexibility index (Phi) is 8.82. The van der Waals surface area contributed by atoms with E-state index in [-0.39, 0.29) is 11.8 Å². The van der Waals surface area contributed by atoms with E-state index >= 15 is 0 Å². The minimum absolute atomic E-state index is 0.105. The molecule has 2 atom stereocenters. The van der Waals surface area contributed by atoms with E-state index in [0.29, 0.717) is 32.2 Å². The number of nitrogens with two attached hydrogens (primary N) is 1. The van der Waals surface area contributed by atoms with Crippen LogP contribution >= 0.6 is 0 Å². The van der Waals surface area contributed by atoms with Crippen LogP contribution < -0.4 is 5.73 Å². The molecule has 1 saturated carbocycles. The molecule has 0 aromatic heterocycles. The normalized spacial score (nSPS) is 22.8. The van der Waals surface area contributed by atoms with Crippen molar-refractivity contribution >= 4 is 5.91 Å². The Morgan fingerprint density at radius 2 is 1.85 bits per heavy atom. The molecule has 0 aromatic carbocycles. The van der Waals surface area contributed by atoms with Gasteiger partial charge in [-0.05, 0) is 31.7 Å². The van der Waals surface area contributed by atoms with Crippen LogP contribution in [0.15, 0.2) is 0 Å². The van der Waals surface area contributed by atoms with Crippen molar-refractivity contribution in [3.8, 4) is 0 Å². The first-order chi connectivity index (χ1) is 9.74. The molecule has 1 aliphatic carbocycles. The molecule has 1 rings (SSSR count). The van der Waals surface area contributed by atoms with Crippen molar-refractivity contribution in [1.82, 2.24) is 4.90 Å². The third-order valence-corrected chi connectivity index (χ3v) is 4.18. The average molecular weight is 286 g/mol. The van der Waals surface area contributed by atoms with Crippen LogP contribution in [0, 0.1) is 11.8 Å². The number of nitrogens with zero attached hydrogens (tertiary/aromatic N) is 1. The van der Waals surface area contributed by atoms with Crippen molar-refractivity contribution < 1.29 is 14.3 Å². The summed E-state index contributed by atoms with van der Waals surface area (Å²) in [5, 5.41) is 0. The van der Waals surface area contributed by atoms with Gasteiger partial charge in [-0.15, -0.1) is 0 Å².